The fourth-order valence-electron chi connectivity index (χ4n) is 3.89. The van der Waals surface area contributed by atoms with Gasteiger partial charge in [-0.3, -0.25) is 9.48 Å². The van der Waals surface area contributed by atoms with Crippen LogP contribution < -0.4 is 4.90 Å². The number of piperazine rings is 1. The Morgan fingerprint density at radius 3 is 2.28 bits per heavy atom. The van der Waals surface area contributed by atoms with Gasteiger partial charge in [0.2, 0.25) is 0 Å². The summed E-state index contributed by atoms with van der Waals surface area (Å²) in [5.41, 5.74) is 4.52. The monoisotopic (exact) mass is 392 g/mol. The smallest absolute Gasteiger partial charge is 0.257 e. The Kier molecular flexibility index (Phi) is 5.34. The largest absolute Gasteiger partial charge is 0.368 e. The first-order valence-electron chi connectivity index (χ1n) is 9.90. The van der Waals surface area contributed by atoms with Crippen molar-refractivity contribution in [1.82, 2.24) is 14.7 Å². The molecule has 2 heterocycles. The van der Waals surface area contributed by atoms with Crippen LogP contribution in [0.1, 0.15) is 27.3 Å². The summed E-state index contributed by atoms with van der Waals surface area (Å²) in [6.45, 7) is 7.25. The highest BCUT2D eigenvalue weighted by molar-refractivity contribution is 5.96. The number of carbonyl (C=O) groups excluding carboxylic acids is 1. The van der Waals surface area contributed by atoms with E-state index in [4.69, 9.17) is 0 Å². The number of hydrogen-bond donors (Lipinski definition) is 0. The first-order chi connectivity index (χ1) is 14.0. The van der Waals surface area contributed by atoms with E-state index in [-0.39, 0.29) is 11.7 Å². The van der Waals surface area contributed by atoms with Crippen LogP contribution in [-0.2, 0) is 6.54 Å². The average molecular weight is 392 g/mol. The van der Waals surface area contributed by atoms with Gasteiger partial charge in [-0.15, -0.1) is 0 Å². The lowest BCUT2D eigenvalue weighted by molar-refractivity contribution is 0.0745. The molecule has 1 saturated heterocycles. The van der Waals surface area contributed by atoms with E-state index in [1.807, 2.05) is 41.6 Å². The van der Waals surface area contributed by atoms with Crippen LogP contribution >= 0.6 is 0 Å². The molecule has 1 fully saturated rings. The molecule has 0 bridgehead atoms. The molecule has 3 aromatic rings. The predicted octanol–water partition coefficient (Wildman–Crippen LogP) is 3.65. The maximum atomic E-state index is 13.2. The maximum absolute atomic E-state index is 13.2. The Morgan fingerprint density at radius 1 is 0.966 bits per heavy atom. The normalized spacial score (nSPS) is 14.3. The number of hydrogen-bond acceptors (Lipinski definition) is 3. The summed E-state index contributed by atoms with van der Waals surface area (Å²) in [5, 5.41) is 4.62. The fourth-order valence-corrected chi connectivity index (χ4v) is 3.89. The van der Waals surface area contributed by atoms with E-state index in [0.29, 0.717) is 25.2 Å². The quantitative estimate of drug-likeness (QED) is 0.681. The van der Waals surface area contributed by atoms with Gasteiger partial charge in [0.15, 0.2) is 0 Å². The topological polar surface area (TPSA) is 41.4 Å². The number of halogens is 1. The number of aromatic nitrogens is 2. The van der Waals surface area contributed by atoms with Crippen LogP contribution in [0.25, 0.3) is 0 Å². The lowest BCUT2D eigenvalue weighted by Crippen LogP contribution is -2.49. The minimum Gasteiger partial charge on any atom is -0.368 e. The van der Waals surface area contributed by atoms with Gasteiger partial charge in [0.1, 0.15) is 5.82 Å². The van der Waals surface area contributed by atoms with Gasteiger partial charge in [-0.1, -0.05) is 30.3 Å². The van der Waals surface area contributed by atoms with Crippen LogP contribution in [-0.4, -0.2) is 46.8 Å². The van der Waals surface area contributed by atoms with Crippen molar-refractivity contribution in [2.75, 3.05) is 31.1 Å². The molecule has 0 atom stereocenters. The molecule has 1 amide bonds. The number of carbonyl (C=O) groups is 1. The molecule has 1 aliphatic rings. The van der Waals surface area contributed by atoms with Crippen LogP contribution in [0.3, 0.4) is 0 Å². The van der Waals surface area contributed by atoms with Crippen molar-refractivity contribution in [1.29, 1.82) is 0 Å². The molecular formula is C23H25FN4O. The molecule has 0 saturated carbocycles. The molecule has 0 radical (unpaired) electrons. The molecule has 0 spiro atoms. The second-order valence-corrected chi connectivity index (χ2v) is 7.44. The van der Waals surface area contributed by atoms with Crippen molar-refractivity contribution in [3.05, 3.63) is 82.9 Å². The Morgan fingerprint density at radius 2 is 1.62 bits per heavy atom. The molecule has 0 N–H and O–H groups in total. The van der Waals surface area contributed by atoms with Gasteiger partial charge in [0, 0.05) is 37.6 Å². The summed E-state index contributed by atoms with van der Waals surface area (Å²) in [7, 11) is 0. The summed E-state index contributed by atoms with van der Waals surface area (Å²) >= 11 is 0. The number of amides is 1. The molecule has 29 heavy (non-hydrogen) atoms. The molecule has 0 unspecified atom stereocenters. The Balaban J connectivity index is 1.45. The third-order valence-electron chi connectivity index (χ3n) is 5.53. The fraction of sp³-hybridized carbons (Fsp3) is 0.304. The van der Waals surface area contributed by atoms with Gasteiger partial charge in [-0.25, -0.2) is 4.39 Å². The second-order valence-electron chi connectivity index (χ2n) is 7.44. The van der Waals surface area contributed by atoms with Gasteiger partial charge in [-0.2, -0.15) is 5.10 Å². The Bertz CT molecular complexity index is 990. The highest BCUT2D eigenvalue weighted by atomic mass is 19.1. The van der Waals surface area contributed by atoms with Gasteiger partial charge in [-0.05, 0) is 43.7 Å². The summed E-state index contributed by atoms with van der Waals surface area (Å²) in [6.07, 6.45) is 0. The van der Waals surface area contributed by atoms with Crippen molar-refractivity contribution in [2.45, 2.75) is 20.4 Å². The van der Waals surface area contributed by atoms with E-state index in [2.05, 4.69) is 22.1 Å². The van der Waals surface area contributed by atoms with E-state index in [0.717, 1.165) is 35.7 Å². The van der Waals surface area contributed by atoms with Crippen LogP contribution in [0.2, 0.25) is 0 Å². The molecule has 0 aliphatic carbocycles. The predicted molar refractivity (Wildman–Crippen MR) is 112 cm³/mol. The van der Waals surface area contributed by atoms with Gasteiger partial charge >= 0.3 is 0 Å². The van der Waals surface area contributed by atoms with Crippen molar-refractivity contribution in [3.8, 4) is 0 Å². The Labute approximate surface area is 170 Å². The molecule has 1 aliphatic heterocycles. The van der Waals surface area contributed by atoms with Crippen molar-refractivity contribution in [3.63, 3.8) is 0 Å². The van der Waals surface area contributed by atoms with E-state index < -0.39 is 0 Å². The first-order valence-corrected chi connectivity index (χ1v) is 9.90. The minimum atomic E-state index is -0.235. The molecule has 150 valence electrons. The zero-order chi connectivity index (χ0) is 20.4. The molecule has 1 aromatic heterocycles. The van der Waals surface area contributed by atoms with Crippen molar-refractivity contribution < 1.29 is 9.18 Å². The molecule has 5 nitrogen and oxygen atoms in total. The molecule has 6 heteroatoms. The summed E-state index contributed by atoms with van der Waals surface area (Å²) in [5.74, 6) is -0.195. The van der Waals surface area contributed by atoms with Crippen molar-refractivity contribution in [2.24, 2.45) is 0 Å². The summed E-state index contributed by atoms with van der Waals surface area (Å²) < 4.78 is 15.1. The number of rotatable bonds is 4. The van der Waals surface area contributed by atoms with E-state index >= 15 is 0 Å². The van der Waals surface area contributed by atoms with E-state index in [1.54, 1.807) is 12.1 Å². The lowest BCUT2D eigenvalue weighted by atomic mass is 10.1. The molecular weight excluding hydrogens is 367 g/mol. The number of aryl methyl sites for hydroxylation is 1. The number of anilines is 1. The van der Waals surface area contributed by atoms with Crippen LogP contribution in [0.5, 0.6) is 0 Å². The van der Waals surface area contributed by atoms with E-state index in [1.165, 1.54) is 12.1 Å². The Hall–Kier alpha value is -3.15. The summed E-state index contributed by atoms with van der Waals surface area (Å²) in [6, 6.07) is 16.6. The number of benzene rings is 2. The van der Waals surface area contributed by atoms with Crippen LogP contribution in [0.15, 0.2) is 54.6 Å². The highest BCUT2D eigenvalue weighted by Gasteiger charge is 2.27. The average Bonchev–Trinajstić information content (AvgIpc) is 3.02. The first kappa shape index (κ1) is 19.2. The molecule has 2 aromatic carbocycles. The van der Waals surface area contributed by atoms with Gasteiger partial charge in [0.05, 0.1) is 17.8 Å². The zero-order valence-electron chi connectivity index (χ0n) is 16.8. The lowest BCUT2D eigenvalue weighted by Gasteiger charge is -2.36. The maximum Gasteiger partial charge on any atom is 0.257 e. The van der Waals surface area contributed by atoms with Crippen LogP contribution in [0, 0.1) is 19.7 Å². The number of nitrogens with zero attached hydrogens (tertiary/aromatic N) is 4. The van der Waals surface area contributed by atoms with Crippen molar-refractivity contribution >= 4 is 11.6 Å². The second kappa shape index (κ2) is 8.07. The third kappa shape index (κ3) is 4.01. The van der Waals surface area contributed by atoms with E-state index in [9.17, 15) is 9.18 Å². The summed E-state index contributed by atoms with van der Waals surface area (Å²) in [4.78, 5) is 17.3. The van der Waals surface area contributed by atoms with Gasteiger partial charge in [0.25, 0.3) is 5.91 Å². The standard InChI is InChI=1S/C23H25FN4O/c1-17-22(18(2)28(25-17)16-19-6-4-3-5-7-19)23(29)27-14-12-26(13-15-27)21-10-8-20(24)9-11-21/h3-11H,12-16H2,1-2H3. The SMILES string of the molecule is Cc1nn(Cc2ccccc2)c(C)c1C(=O)N1CCN(c2ccc(F)cc2)CC1. The minimum absolute atomic E-state index is 0.0399. The van der Waals surface area contributed by atoms with Crippen LogP contribution in [0.4, 0.5) is 10.1 Å². The zero-order valence-corrected chi connectivity index (χ0v) is 16.8. The molecule has 4 rings (SSSR count). The third-order valence-corrected chi connectivity index (χ3v) is 5.53. The highest BCUT2D eigenvalue weighted by Crippen LogP contribution is 2.21. The van der Waals surface area contributed by atoms with Gasteiger partial charge < -0.3 is 9.80 Å².